The highest BCUT2D eigenvalue weighted by molar-refractivity contribution is 5.50. The molecule has 1 N–H and O–H groups in total. The summed E-state index contributed by atoms with van der Waals surface area (Å²) in [5, 5.41) is 11.7. The third kappa shape index (κ3) is 1.41. The molecule has 0 aromatic carbocycles. The van der Waals surface area contributed by atoms with Crippen LogP contribution in [-0.2, 0) is 0 Å². The number of hydrogen-bond donors (Lipinski definition) is 1. The lowest BCUT2D eigenvalue weighted by Gasteiger charge is -2.09. The highest BCUT2D eigenvalue weighted by Crippen LogP contribution is 2.13. The van der Waals surface area contributed by atoms with Crippen molar-refractivity contribution in [3.8, 4) is 5.75 Å². The van der Waals surface area contributed by atoms with Crippen molar-refractivity contribution in [3.63, 3.8) is 0 Å². The molecule has 1 aromatic heterocycles. The zero-order chi connectivity index (χ0) is 10.1. The molecule has 74 valence electrons. The van der Waals surface area contributed by atoms with Crippen molar-refractivity contribution in [1.82, 2.24) is 4.98 Å². The molecule has 0 unspecified atom stereocenters. The second kappa shape index (κ2) is 3.45. The van der Waals surface area contributed by atoms with Crippen LogP contribution in [0.5, 0.6) is 5.75 Å². The summed E-state index contributed by atoms with van der Waals surface area (Å²) in [6.07, 6.45) is 5.39. The number of aromatic hydroxyl groups is 1. The Morgan fingerprint density at radius 2 is 2.29 bits per heavy atom. The lowest BCUT2D eigenvalue weighted by atomic mass is 10.0. The third-order valence-corrected chi connectivity index (χ3v) is 2.79. The topological polar surface area (TPSA) is 33.1 Å². The Bertz CT molecular complexity index is 474. The molecule has 1 aliphatic carbocycles. The third-order valence-electron chi connectivity index (χ3n) is 2.79. The number of rotatable bonds is 1. The van der Waals surface area contributed by atoms with Crippen LogP contribution in [0.25, 0.3) is 11.6 Å². The van der Waals surface area contributed by atoms with Crippen molar-refractivity contribution in [3.05, 3.63) is 22.3 Å². The van der Waals surface area contributed by atoms with Gasteiger partial charge in [0.25, 0.3) is 0 Å². The fraction of sp³-hybridized carbons (Fsp3) is 0.417. The van der Waals surface area contributed by atoms with Crippen LogP contribution in [0.3, 0.4) is 0 Å². The van der Waals surface area contributed by atoms with E-state index in [1.807, 2.05) is 13.0 Å². The molecule has 0 saturated carbocycles. The lowest BCUT2D eigenvalue weighted by Crippen LogP contribution is -2.33. The van der Waals surface area contributed by atoms with Crippen LogP contribution in [-0.4, -0.2) is 10.1 Å². The number of hydrogen-bond acceptors (Lipinski definition) is 2. The van der Waals surface area contributed by atoms with E-state index in [1.165, 1.54) is 5.57 Å². The summed E-state index contributed by atoms with van der Waals surface area (Å²) in [4.78, 5) is 4.45. The Kier molecular flexibility index (Phi) is 2.28. The number of aromatic nitrogens is 1. The molecule has 2 heteroatoms. The van der Waals surface area contributed by atoms with Gasteiger partial charge in [0.1, 0.15) is 5.75 Å². The van der Waals surface area contributed by atoms with Gasteiger partial charge in [0.05, 0.1) is 11.0 Å². The molecule has 0 bridgehead atoms. The predicted octanol–water partition coefficient (Wildman–Crippen LogP) is 1.23. The average Bonchev–Trinajstić information content (AvgIpc) is 2.19. The molecule has 0 saturated heterocycles. The molecule has 1 aromatic rings. The van der Waals surface area contributed by atoms with Crippen molar-refractivity contribution in [2.24, 2.45) is 0 Å². The van der Waals surface area contributed by atoms with Crippen LogP contribution in [0.2, 0.25) is 0 Å². The Labute approximate surface area is 83.6 Å². The molecule has 14 heavy (non-hydrogen) atoms. The number of nitrogens with zero attached hydrogens (tertiary/aromatic N) is 1. The molecule has 0 radical (unpaired) electrons. The molecule has 0 atom stereocenters. The number of pyridine rings is 1. The van der Waals surface area contributed by atoms with Gasteiger partial charge in [-0.15, -0.1) is 0 Å². The average molecular weight is 189 g/mol. The van der Waals surface area contributed by atoms with Crippen LogP contribution in [0, 0.1) is 6.92 Å². The van der Waals surface area contributed by atoms with E-state index in [9.17, 15) is 5.11 Å². The maximum atomic E-state index is 9.54. The van der Waals surface area contributed by atoms with Gasteiger partial charge in [-0.05, 0) is 43.0 Å². The Morgan fingerprint density at radius 1 is 1.50 bits per heavy atom. The Hall–Kier alpha value is -1.31. The van der Waals surface area contributed by atoms with Gasteiger partial charge in [0.15, 0.2) is 0 Å². The maximum absolute atomic E-state index is 9.54. The normalized spacial score (nSPS) is 14.9. The van der Waals surface area contributed by atoms with Gasteiger partial charge in [0, 0.05) is 0 Å². The van der Waals surface area contributed by atoms with E-state index < -0.39 is 0 Å². The van der Waals surface area contributed by atoms with Crippen molar-refractivity contribution in [2.45, 2.75) is 33.1 Å². The predicted molar refractivity (Wildman–Crippen MR) is 57.3 cm³/mol. The van der Waals surface area contributed by atoms with Crippen molar-refractivity contribution in [2.75, 3.05) is 0 Å². The molecule has 0 spiro atoms. The summed E-state index contributed by atoms with van der Waals surface area (Å²) in [5.74, 6) is 0.303. The molecular formula is C12H15NO. The highest BCUT2D eigenvalue weighted by atomic mass is 16.3. The van der Waals surface area contributed by atoms with Crippen LogP contribution < -0.4 is 10.6 Å². The van der Waals surface area contributed by atoms with Gasteiger partial charge in [-0.25, -0.2) is 4.98 Å². The van der Waals surface area contributed by atoms with E-state index in [2.05, 4.69) is 18.0 Å². The SMILES string of the molecule is CCC1=c2nc(C)c(O)cc2=CCC1. The molecule has 0 fully saturated rings. The van der Waals surface area contributed by atoms with Gasteiger partial charge < -0.3 is 5.11 Å². The summed E-state index contributed by atoms with van der Waals surface area (Å²) < 4.78 is 0. The monoisotopic (exact) mass is 189 g/mol. The zero-order valence-corrected chi connectivity index (χ0v) is 8.67. The summed E-state index contributed by atoms with van der Waals surface area (Å²) in [6, 6.07) is 1.83. The smallest absolute Gasteiger partial charge is 0.137 e. The second-order valence-electron chi connectivity index (χ2n) is 3.73. The minimum absolute atomic E-state index is 0.303. The Morgan fingerprint density at radius 3 is 3.00 bits per heavy atom. The first kappa shape index (κ1) is 9.25. The summed E-state index contributed by atoms with van der Waals surface area (Å²) in [7, 11) is 0. The van der Waals surface area contributed by atoms with Crippen LogP contribution >= 0.6 is 0 Å². The first-order valence-electron chi connectivity index (χ1n) is 5.11. The molecule has 0 aliphatic heterocycles. The maximum Gasteiger partial charge on any atom is 0.137 e. The zero-order valence-electron chi connectivity index (χ0n) is 8.67. The summed E-state index contributed by atoms with van der Waals surface area (Å²) in [6.45, 7) is 4.01. The summed E-state index contributed by atoms with van der Waals surface area (Å²) >= 11 is 0. The molecule has 1 heterocycles. The van der Waals surface area contributed by atoms with Crippen molar-refractivity contribution < 1.29 is 5.11 Å². The number of aryl methyl sites for hydroxylation is 1. The van der Waals surface area contributed by atoms with Gasteiger partial charge in [-0.1, -0.05) is 13.0 Å². The van der Waals surface area contributed by atoms with Crippen LogP contribution in [0.1, 0.15) is 31.9 Å². The Balaban J connectivity index is 2.82. The van der Waals surface area contributed by atoms with Crippen molar-refractivity contribution in [1.29, 1.82) is 0 Å². The van der Waals surface area contributed by atoms with Gasteiger partial charge >= 0.3 is 0 Å². The van der Waals surface area contributed by atoms with Crippen LogP contribution in [0.4, 0.5) is 0 Å². The molecule has 2 nitrogen and oxygen atoms in total. The van der Waals surface area contributed by atoms with E-state index in [1.54, 1.807) is 0 Å². The lowest BCUT2D eigenvalue weighted by molar-refractivity contribution is 0.466. The van der Waals surface area contributed by atoms with E-state index in [4.69, 9.17) is 0 Å². The number of fused-ring (bicyclic) bond motifs is 1. The van der Waals surface area contributed by atoms with Gasteiger partial charge in [-0.3, -0.25) is 0 Å². The molecule has 1 aliphatic rings. The van der Waals surface area contributed by atoms with Gasteiger partial charge in [-0.2, -0.15) is 0 Å². The molecular weight excluding hydrogens is 174 g/mol. The minimum Gasteiger partial charge on any atom is -0.506 e. The first-order chi connectivity index (χ1) is 6.72. The standard InChI is InChI=1S/C12H15NO/c1-3-9-5-4-6-10-7-11(14)8(2)13-12(9)10/h6-7,14H,3-5H2,1-2H3. The van der Waals surface area contributed by atoms with E-state index in [0.717, 1.165) is 35.5 Å². The molecule has 0 amide bonds. The fourth-order valence-corrected chi connectivity index (χ4v) is 1.91. The van der Waals surface area contributed by atoms with E-state index in [0.29, 0.717) is 5.75 Å². The highest BCUT2D eigenvalue weighted by Gasteiger charge is 2.06. The minimum atomic E-state index is 0.303. The summed E-state index contributed by atoms with van der Waals surface area (Å²) in [5.41, 5.74) is 2.13. The largest absolute Gasteiger partial charge is 0.506 e. The fourth-order valence-electron chi connectivity index (χ4n) is 1.91. The molecule has 2 rings (SSSR count). The first-order valence-corrected chi connectivity index (χ1v) is 5.11. The van der Waals surface area contributed by atoms with Crippen LogP contribution in [0.15, 0.2) is 6.07 Å². The quantitative estimate of drug-likeness (QED) is 0.720. The van der Waals surface area contributed by atoms with E-state index >= 15 is 0 Å². The van der Waals surface area contributed by atoms with Gasteiger partial charge in [0.2, 0.25) is 0 Å². The van der Waals surface area contributed by atoms with Crippen molar-refractivity contribution >= 4 is 11.6 Å². The second-order valence-corrected chi connectivity index (χ2v) is 3.73. The van der Waals surface area contributed by atoms with E-state index in [-0.39, 0.29) is 0 Å².